The minimum atomic E-state index is -0.137. The third-order valence-electron chi connectivity index (χ3n) is 4.91. The first-order valence-electron chi connectivity index (χ1n) is 7.49. The summed E-state index contributed by atoms with van der Waals surface area (Å²) >= 11 is 0. The van der Waals surface area contributed by atoms with Crippen molar-refractivity contribution in [1.29, 1.82) is 0 Å². The summed E-state index contributed by atoms with van der Waals surface area (Å²) < 4.78 is 13.3. The SMILES string of the molecule is Cc1cc(F)ccc1C1CC(C(C)C)CCC1CN. The molecule has 0 spiro atoms. The fraction of sp³-hybridized carbons (Fsp3) is 0.647. The molecule has 3 atom stereocenters. The van der Waals surface area contributed by atoms with Gasteiger partial charge in [-0.05, 0) is 79.7 Å². The van der Waals surface area contributed by atoms with Crippen LogP contribution in [0.3, 0.4) is 0 Å². The van der Waals surface area contributed by atoms with Gasteiger partial charge in [-0.1, -0.05) is 19.9 Å². The Morgan fingerprint density at radius 2 is 2.05 bits per heavy atom. The molecule has 1 saturated carbocycles. The van der Waals surface area contributed by atoms with Gasteiger partial charge in [0.1, 0.15) is 5.82 Å². The van der Waals surface area contributed by atoms with E-state index in [0.717, 1.165) is 23.9 Å². The first-order chi connectivity index (χ1) is 9.02. The van der Waals surface area contributed by atoms with Crippen LogP contribution in [0, 0.1) is 30.5 Å². The second-order valence-electron chi connectivity index (χ2n) is 6.42. The number of aryl methyl sites for hydroxylation is 1. The summed E-state index contributed by atoms with van der Waals surface area (Å²) in [5.74, 6) is 2.42. The molecular formula is C17H26FN. The van der Waals surface area contributed by atoms with Crippen molar-refractivity contribution in [3.8, 4) is 0 Å². The van der Waals surface area contributed by atoms with Crippen molar-refractivity contribution in [3.05, 3.63) is 35.1 Å². The lowest BCUT2D eigenvalue weighted by Crippen LogP contribution is -2.31. The average molecular weight is 263 g/mol. The second-order valence-corrected chi connectivity index (χ2v) is 6.42. The Balaban J connectivity index is 2.27. The summed E-state index contributed by atoms with van der Waals surface area (Å²) in [5, 5.41) is 0. The van der Waals surface area contributed by atoms with Crippen molar-refractivity contribution in [2.24, 2.45) is 23.5 Å². The Hall–Kier alpha value is -0.890. The zero-order valence-electron chi connectivity index (χ0n) is 12.3. The molecule has 0 heterocycles. The fourth-order valence-electron chi connectivity index (χ4n) is 3.59. The van der Waals surface area contributed by atoms with E-state index in [1.165, 1.54) is 24.8 Å². The van der Waals surface area contributed by atoms with Crippen LogP contribution < -0.4 is 5.73 Å². The molecule has 0 aromatic heterocycles. The Bertz CT molecular complexity index is 427. The monoisotopic (exact) mass is 263 g/mol. The predicted octanol–water partition coefficient (Wildman–Crippen LogP) is 4.25. The van der Waals surface area contributed by atoms with Crippen LogP contribution >= 0.6 is 0 Å². The van der Waals surface area contributed by atoms with E-state index in [-0.39, 0.29) is 5.82 Å². The van der Waals surface area contributed by atoms with Gasteiger partial charge >= 0.3 is 0 Å². The molecule has 19 heavy (non-hydrogen) atoms. The highest BCUT2D eigenvalue weighted by atomic mass is 19.1. The fourth-order valence-corrected chi connectivity index (χ4v) is 3.59. The van der Waals surface area contributed by atoms with E-state index < -0.39 is 0 Å². The van der Waals surface area contributed by atoms with Crippen LogP contribution in [0.15, 0.2) is 18.2 Å². The number of benzene rings is 1. The van der Waals surface area contributed by atoms with Gasteiger partial charge < -0.3 is 5.73 Å². The number of halogens is 1. The summed E-state index contributed by atoms with van der Waals surface area (Å²) in [5.41, 5.74) is 8.34. The Morgan fingerprint density at radius 1 is 1.32 bits per heavy atom. The van der Waals surface area contributed by atoms with Gasteiger partial charge in [0.25, 0.3) is 0 Å². The smallest absolute Gasteiger partial charge is 0.123 e. The number of hydrogen-bond acceptors (Lipinski definition) is 1. The molecule has 1 aromatic carbocycles. The van der Waals surface area contributed by atoms with Crippen molar-refractivity contribution in [2.45, 2.75) is 46.0 Å². The van der Waals surface area contributed by atoms with Crippen LogP contribution in [-0.2, 0) is 0 Å². The van der Waals surface area contributed by atoms with Crippen molar-refractivity contribution >= 4 is 0 Å². The maximum absolute atomic E-state index is 13.3. The van der Waals surface area contributed by atoms with Crippen molar-refractivity contribution < 1.29 is 4.39 Å². The maximum atomic E-state index is 13.3. The Labute approximate surface area is 116 Å². The summed E-state index contributed by atoms with van der Waals surface area (Å²) in [6.45, 7) is 7.38. The lowest BCUT2D eigenvalue weighted by Gasteiger charge is -2.38. The third-order valence-corrected chi connectivity index (χ3v) is 4.91. The summed E-state index contributed by atoms with van der Waals surface area (Å²) in [7, 11) is 0. The number of nitrogens with two attached hydrogens (primary N) is 1. The van der Waals surface area contributed by atoms with Crippen LogP contribution in [0.4, 0.5) is 4.39 Å². The molecule has 0 aliphatic heterocycles. The highest BCUT2D eigenvalue weighted by molar-refractivity contribution is 5.31. The normalized spacial score (nSPS) is 27.8. The van der Waals surface area contributed by atoms with Gasteiger partial charge in [-0.15, -0.1) is 0 Å². The highest BCUT2D eigenvalue weighted by Gasteiger charge is 2.32. The largest absolute Gasteiger partial charge is 0.330 e. The maximum Gasteiger partial charge on any atom is 0.123 e. The van der Waals surface area contributed by atoms with Crippen LogP contribution in [0.25, 0.3) is 0 Å². The van der Waals surface area contributed by atoms with Gasteiger partial charge in [-0.25, -0.2) is 4.39 Å². The van der Waals surface area contributed by atoms with Crippen LogP contribution in [0.1, 0.15) is 50.2 Å². The number of hydrogen-bond donors (Lipinski definition) is 1. The minimum Gasteiger partial charge on any atom is -0.330 e. The van der Waals surface area contributed by atoms with Crippen LogP contribution in [0.5, 0.6) is 0 Å². The van der Waals surface area contributed by atoms with E-state index in [1.807, 2.05) is 13.0 Å². The van der Waals surface area contributed by atoms with E-state index in [1.54, 1.807) is 12.1 Å². The highest BCUT2D eigenvalue weighted by Crippen LogP contribution is 2.43. The topological polar surface area (TPSA) is 26.0 Å². The first kappa shape index (κ1) is 14.5. The molecule has 0 radical (unpaired) electrons. The van der Waals surface area contributed by atoms with Gasteiger partial charge in [-0.2, -0.15) is 0 Å². The van der Waals surface area contributed by atoms with Gasteiger partial charge in [0.2, 0.25) is 0 Å². The van der Waals surface area contributed by atoms with E-state index in [4.69, 9.17) is 5.73 Å². The molecule has 2 heteroatoms. The van der Waals surface area contributed by atoms with Crippen molar-refractivity contribution in [1.82, 2.24) is 0 Å². The molecule has 2 rings (SSSR count). The standard InChI is InChI=1S/C17H26FN/c1-11(2)13-4-5-14(10-19)17(9-13)16-7-6-15(18)8-12(16)3/h6-8,11,13-14,17H,4-5,9-10,19H2,1-3H3. The Kier molecular flexibility index (Phi) is 4.62. The first-order valence-corrected chi connectivity index (χ1v) is 7.49. The summed E-state index contributed by atoms with van der Waals surface area (Å²) in [6.07, 6.45) is 3.70. The molecule has 1 aliphatic carbocycles. The Morgan fingerprint density at radius 3 is 2.63 bits per heavy atom. The second kappa shape index (κ2) is 6.04. The predicted molar refractivity (Wildman–Crippen MR) is 78.6 cm³/mol. The minimum absolute atomic E-state index is 0.137. The van der Waals surface area contributed by atoms with E-state index >= 15 is 0 Å². The van der Waals surface area contributed by atoms with Crippen LogP contribution in [-0.4, -0.2) is 6.54 Å². The van der Waals surface area contributed by atoms with Crippen LogP contribution in [0.2, 0.25) is 0 Å². The molecule has 1 fully saturated rings. The lowest BCUT2D eigenvalue weighted by atomic mass is 9.67. The van der Waals surface area contributed by atoms with E-state index in [9.17, 15) is 4.39 Å². The average Bonchev–Trinajstić information content (AvgIpc) is 2.38. The molecule has 106 valence electrons. The quantitative estimate of drug-likeness (QED) is 0.867. The van der Waals surface area contributed by atoms with Gasteiger partial charge in [0.05, 0.1) is 0 Å². The molecule has 0 bridgehead atoms. The summed E-state index contributed by atoms with van der Waals surface area (Å²) in [4.78, 5) is 0. The van der Waals surface area contributed by atoms with E-state index in [2.05, 4.69) is 13.8 Å². The third kappa shape index (κ3) is 3.17. The van der Waals surface area contributed by atoms with E-state index in [0.29, 0.717) is 11.8 Å². The van der Waals surface area contributed by atoms with Crippen molar-refractivity contribution in [2.75, 3.05) is 6.54 Å². The zero-order chi connectivity index (χ0) is 14.0. The zero-order valence-corrected chi connectivity index (χ0v) is 12.3. The molecule has 2 N–H and O–H groups in total. The molecule has 1 nitrogen and oxygen atoms in total. The molecular weight excluding hydrogens is 237 g/mol. The van der Waals surface area contributed by atoms with Gasteiger partial charge in [0.15, 0.2) is 0 Å². The molecule has 0 amide bonds. The molecule has 3 unspecified atom stereocenters. The molecule has 1 aliphatic rings. The number of rotatable bonds is 3. The molecule has 1 aromatic rings. The lowest BCUT2D eigenvalue weighted by molar-refractivity contribution is 0.197. The van der Waals surface area contributed by atoms with Gasteiger partial charge in [-0.3, -0.25) is 0 Å². The molecule has 0 saturated heterocycles. The summed E-state index contributed by atoms with van der Waals surface area (Å²) in [6, 6.07) is 5.22. The van der Waals surface area contributed by atoms with Gasteiger partial charge in [0, 0.05) is 0 Å². The van der Waals surface area contributed by atoms with Crippen molar-refractivity contribution in [3.63, 3.8) is 0 Å².